The standard InChI is InChI=1S/C9H11N3O4S2/c1-7-4-8(6-10)5-9(12-7)17(13,14)2-3-18(11,15)16/h4-5H,2-3H2,1H3,(H2,11,15,16). The van der Waals surface area contributed by atoms with E-state index in [0.717, 1.165) is 6.07 Å². The molecule has 9 heteroatoms. The van der Waals surface area contributed by atoms with Gasteiger partial charge in [0.1, 0.15) is 0 Å². The number of aryl methyl sites for hydroxylation is 1. The molecule has 0 fully saturated rings. The molecule has 1 rings (SSSR count). The number of rotatable bonds is 4. The molecule has 1 aromatic rings. The molecule has 7 nitrogen and oxygen atoms in total. The highest BCUT2D eigenvalue weighted by Gasteiger charge is 2.20. The van der Waals surface area contributed by atoms with Gasteiger partial charge in [-0.2, -0.15) is 5.26 Å². The Bertz CT molecular complexity index is 702. The van der Waals surface area contributed by atoms with Crippen LogP contribution in [0.1, 0.15) is 11.3 Å². The van der Waals surface area contributed by atoms with E-state index in [9.17, 15) is 16.8 Å². The number of hydrogen-bond donors (Lipinski definition) is 1. The van der Waals surface area contributed by atoms with Crippen molar-refractivity contribution in [2.24, 2.45) is 5.14 Å². The van der Waals surface area contributed by atoms with Gasteiger partial charge in [-0.1, -0.05) is 0 Å². The van der Waals surface area contributed by atoms with E-state index in [1.807, 2.05) is 0 Å². The minimum absolute atomic E-state index is 0.150. The third kappa shape index (κ3) is 4.06. The number of pyridine rings is 1. The number of aromatic nitrogens is 1. The monoisotopic (exact) mass is 289 g/mol. The molecular weight excluding hydrogens is 278 g/mol. The normalized spacial score (nSPS) is 12.1. The van der Waals surface area contributed by atoms with Crippen LogP contribution in [0.5, 0.6) is 0 Å². The van der Waals surface area contributed by atoms with E-state index >= 15 is 0 Å². The van der Waals surface area contributed by atoms with Gasteiger partial charge in [0.15, 0.2) is 14.9 Å². The summed E-state index contributed by atoms with van der Waals surface area (Å²) in [5, 5.41) is 13.1. The first-order chi connectivity index (χ1) is 8.14. The Kier molecular flexibility index (Phi) is 4.05. The first kappa shape index (κ1) is 14.6. The zero-order chi connectivity index (χ0) is 14.0. The molecule has 1 aromatic heterocycles. The Morgan fingerprint density at radius 3 is 2.39 bits per heavy atom. The van der Waals surface area contributed by atoms with Crippen molar-refractivity contribution in [3.63, 3.8) is 0 Å². The maximum Gasteiger partial charge on any atom is 0.210 e. The van der Waals surface area contributed by atoms with Crippen molar-refractivity contribution >= 4 is 19.9 Å². The molecule has 0 amide bonds. The highest BCUT2D eigenvalue weighted by molar-refractivity contribution is 7.94. The number of nitriles is 1. The molecule has 0 aliphatic heterocycles. The predicted octanol–water partition coefficient (Wildman–Crippen LogP) is -0.676. The second-order valence-corrected chi connectivity index (χ2v) is 7.42. The topological polar surface area (TPSA) is 131 Å². The average molecular weight is 289 g/mol. The van der Waals surface area contributed by atoms with Crippen LogP contribution in [0.25, 0.3) is 0 Å². The van der Waals surface area contributed by atoms with Crippen LogP contribution in [0.2, 0.25) is 0 Å². The van der Waals surface area contributed by atoms with Crippen LogP contribution in [-0.2, 0) is 19.9 Å². The second kappa shape index (κ2) is 5.01. The molecule has 1 heterocycles. The van der Waals surface area contributed by atoms with Crippen LogP contribution in [0.3, 0.4) is 0 Å². The summed E-state index contributed by atoms with van der Waals surface area (Å²) in [4.78, 5) is 3.78. The van der Waals surface area contributed by atoms with Gasteiger partial charge in [-0.25, -0.2) is 27.0 Å². The molecule has 2 N–H and O–H groups in total. The smallest absolute Gasteiger partial charge is 0.210 e. The minimum atomic E-state index is -3.87. The van der Waals surface area contributed by atoms with Crippen LogP contribution in [-0.4, -0.2) is 33.3 Å². The van der Waals surface area contributed by atoms with Crippen molar-refractivity contribution in [3.05, 3.63) is 23.4 Å². The Labute approximate surface area is 105 Å². The van der Waals surface area contributed by atoms with Gasteiger partial charge in [-0.3, -0.25) is 0 Å². The minimum Gasteiger partial charge on any atom is -0.241 e. The number of nitrogens with zero attached hydrogens (tertiary/aromatic N) is 2. The summed E-state index contributed by atoms with van der Waals surface area (Å²) in [5.41, 5.74) is 0.514. The number of hydrogen-bond acceptors (Lipinski definition) is 6. The van der Waals surface area contributed by atoms with Crippen molar-refractivity contribution < 1.29 is 16.8 Å². The second-order valence-electron chi connectivity index (χ2n) is 3.63. The van der Waals surface area contributed by atoms with Gasteiger partial charge < -0.3 is 0 Å². The maximum atomic E-state index is 11.8. The van der Waals surface area contributed by atoms with E-state index in [2.05, 4.69) is 4.98 Å². The molecule has 0 bridgehead atoms. The van der Waals surface area contributed by atoms with Gasteiger partial charge in [0.25, 0.3) is 0 Å². The fourth-order valence-electron chi connectivity index (χ4n) is 1.19. The van der Waals surface area contributed by atoms with E-state index in [4.69, 9.17) is 10.4 Å². The lowest BCUT2D eigenvalue weighted by atomic mass is 10.2. The quantitative estimate of drug-likeness (QED) is 0.781. The molecule has 18 heavy (non-hydrogen) atoms. The van der Waals surface area contributed by atoms with E-state index in [1.165, 1.54) is 6.07 Å². The van der Waals surface area contributed by atoms with Crippen LogP contribution >= 0.6 is 0 Å². The molecule has 0 aromatic carbocycles. The van der Waals surface area contributed by atoms with E-state index < -0.39 is 31.4 Å². The summed E-state index contributed by atoms with van der Waals surface area (Å²) in [7, 11) is -7.73. The summed E-state index contributed by atoms with van der Waals surface area (Å²) in [6.07, 6.45) is 0. The zero-order valence-electron chi connectivity index (χ0n) is 9.49. The number of primary sulfonamides is 1. The van der Waals surface area contributed by atoms with Gasteiger partial charge in [0.05, 0.1) is 23.1 Å². The summed E-state index contributed by atoms with van der Waals surface area (Å²) >= 11 is 0. The third-order valence-corrected chi connectivity index (χ3v) is 4.63. The first-order valence-corrected chi connectivity index (χ1v) is 8.13. The summed E-state index contributed by atoms with van der Waals surface area (Å²) in [6.45, 7) is 1.54. The fourth-order valence-corrected chi connectivity index (χ4v) is 3.80. The number of nitrogens with two attached hydrogens (primary N) is 1. The van der Waals surface area contributed by atoms with Gasteiger partial charge in [-0.05, 0) is 19.1 Å². The molecule has 0 spiro atoms. The number of sulfonamides is 1. The van der Waals surface area contributed by atoms with Gasteiger partial charge >= 0.3 is 0 Å². The Morgan fingerprint density at radius 1 is 1.28 bits per heavy atom. The molecule has 0 aliphatic carbocycles. The molecule has 0 atom stereocenters. The van der Waals surface area contributed by atoms with Gasteiger partial charge in [-0.15, -0.1) is 0 Å². The number of sulfone groups is 1. The van der Waals surface area contributed by atoms with Crippen LogP contribution in [0, 0.1) is 18.3 Å². The van der Waals surface area contributed by atoms with Crippen molar-refractivity contribution in [1.29, 1.82) is 5.26 Å². The molecule has 0 unspecified atom stereocenters. The van der Waals surface area contributed by atoms with Gasteiger partial charge in [0, 0.05) is 5.69 Å². The van der Waals surface area contributed by atoms with Gasteiger partial charge in [0.2, 0.25) is 10.0 Å². The molecule has 0 saturated carbocycles. The van der Waals surface area contributed by atoms with Crippen LogP contribution in [0.15, 0.2) is 17.2 Å². The Morgan fingerprint density at radius 2 is 1.89 bits per heavy atom. The average Bonchev–Trinajstić information content (AvgIpc) is 2.25. The summed E-state index contributed by atoms with van der Waals surface area (Å²) < 4.78 is 45.1. The largest absolute Gasteiger partial charge is 0.241 e. The SMILES string of the molecule is Cc1cc(C#N)cc(S(=O)(=O)CCS(N)(=O)=O)n1. The molecule has 0 radical (unpaired) electrons. The highest BCUT2D eigenvalue weighted by atomic mass is 32.2. The summed E-state index contributed by atoms with van der Waals surface area (Å²) in [6, 6.07) is 4.34. The van der Waals surface area contributed by atoms with E-state index in [-0.39, 0.29) is 10.6 Å². The van der Waals surface area contributed by atoms with Crippen LogP contribution < -0.4 is 5.14 Å². The Hall–Kier alpha value is -1.50. The lowest BCUT2D eigenvalue weighted by Gasteiger charge is -2.04. The lowest BCUT2D eigenvalue weighted by molar-refractivity contribution is 0.586. The van der Waals surface area contributed by atoms with E-state index in [0.29, 0.717) is 5.69 Å². The molecule has 0 saturated heterocycles. The lowest BCUT2D eigenvalue weighted by Crippen LogP contribution is -2.23. The molecular formula is C9H11N3O4S2. The predicted molar refractivity (Wildman–Crippen MR) is 63.7 cm³/mol. The Balaban J connectivity index is 3.14. The first-order valence-electron chi connectivity index (χ1n) is 4.76. The van der Waals surface area contributed by atoms with Crippen molar-refractivity contribution in [2.75, 3.05) is 11.5 Å². The van der Waals surface area contributed by atoms with Crippen molar-refractivity contribution in [2.45, 2.75) is 11.9 Å². The maximum absolute atomic E-state index is 11.8. The fraction of sp³-hybridized carbons (Fsp3) is 0.333. The zero-order valence-corrected chi connectivity index (χ0v) is 11.1. The van der Waals surface area contributed by atoms with Crippen LogP contribution in [0.4, 0.5) is 0 Å². The molecule has 98 valence electrons. The van der Waals surface area contributed by atoms with Crippen molar-refractivity contribution in [1.82, 2.24) is 4.98 Å². The third-order valence-electron chi connectivity index (χ3n) is 2.01. The highest BCUT2D eigenvalue weighted by Crippen LogP contribution is 2.12. The van der Waals surface area contributed by atoms with Crippen molar-refractivity contribution in [3.8, 4) is 6.07 Å². The summed E-state index contributed by atoms with van der Waals surface area (Å²) in [5.74, 6) is -1.35. The molecule has 0 aliphatic rings. The van der Waals surface area contributed by atoms with E-state index in [1.54, 1.807) is 13.0 Å².